The standard InChI is InChI=1S/C14H18N2O/c1-4-15(3)14(17)10-16-8-7-12-6-5-11(2)9-13(12)16/h5-9H,4,10H2,1-3H3. The molecule has 0 aliphatic rings. The summed E-state index contributed by atoms with van der Waals surface area (Å²) < 4.78 is 2.01. The Balaban J connectivity index is 2.30. The molecular weight excluding hydrogens is 212 g/mol. The van der Waals surface area contributed by atoms with E-state index < -0.39 is 0 Å². The van der Waals surface area contributed by atoms with Gasteiger partial charge in [-0.15, -0.1) is 0 Å². The van der Waals surface area contributed by atoms with Crippen molar-refractivity contribution in [1.29, 1.82) is 0 Å². The highest BCUT2D eigenvalue weighted by Gasteiger charge is 2.09. The van der Waals surface area contributed by atoms with Crippen LogP contribution >= 0.6 is 0 Å². The minimum absolute atomic E-state index is 0.145. The molecule has 2 rings (SSSR count). The lowest BCUT2D eigenvalue weighted by Gasteiger charge is -2.15. The molecule has 90 valence electrons. The third kappa shape index (κ3) is 2.33. The molecule has 0 saturated heterocycles. The molecule has 0 aliphatic carbocycles. The molecular formula is C14H18N2O. The largest absolute Gasteiger partial charge is 0.344 e. The summed E-state index contributed by atoms with van der Waals surface area (Å²) in [5.74, 6) is 0.145. The van der Waals surface area contributed by atoms with Gasteiger partial charge in [-0.25, -0.2) is 0 Å². The van der Waals surface area contributed by atoms with E-state index in [-0.39, 0.29) is 5.91 Å². The van der Waals surface area contributed by atoms with Crippen molar-refractivity contribution >= 4 is 16.8 Å². The van der Waals surface area contributed by atoms with Crippen LogP contribution in [0.2, 0.25) is 0 Å². The van der Waals surface area contributed by atoms with E-state index in [9.17, 15) is 4.79 Å². The summed E-state index contributed by atoms with van der Waals surface area (Å²) in [6.45, 7) is 5.21. The summed E-state index contributed by atoms with van der Waals surface area (Å²) in [6, 6.07) is 8.35. The molecule has 0 bridgehead atoms. The Morgan fingerprint density at radius 2 is 2.12 bits per heavy atom. The van der Waals surface area contributed by atoms with Crippen LogP contribution in [-0.2, 0) is 11.3 Å². The third-order valence-electron chi connectivity index (χ3n) is 3.14. The number of fused-ring (bicyclic) bond motifs is 1. The summed E-state index contributed by atoms with van der Waals surface area (Å²) in [4.78, 5) is 13.6. The van der Waals surface area contributed by atoms with Crippen LogP contribution in [-0.4, -0.2) is 29.0 Å². The topological polar surface area (TPSA) is 25.2 Å². The summed E-state index contributed by atoms with van der Waals surface area (Å²) in [5.41, 5.74) is 2.34. The van der Waals surface area contributed by atoms with Gasteiger partial charge < -0.3 is 9.47 Å². The van der Waals surface area contributed by atoms with Crippen LogP contribution in [0, 0.1) is 6.92 Å². The Morgan fingerprint density at radius 3 is 2.82 bits per heavy atom. The van der Waals surface area contributed by atoms with E-state index in [0.29, 0.717) is 6.54 Å². The fourth-order valence-electron chi connectivity index (χ4n) is 1.87. The van der Waals surface area contributed by atoms with E-state index in [1.165, 1.54) is 10.9 Å². The van der Waals surface area contributed by atoms with Crippen molar-refractivity contribution in [1.82, 2.24) is 9.47 Å². The summed E-state index contributed by atoms with van der Waals surface area (Å²) in [5, 5.41) is 1.18. The number of benzene rings is 1. The minimum Gasteiger partial charge on any atom is -0.344 e. The van der Waals surface area contributed by atoms with E-state index in [2.05, 4.69) is 25.1 Å². The monoisotopic (exact) mass is 230 g/mol. The van der Waals surface area contributed by atoms with Crippen LogP contribution in [0.25, 0.3) is 10.9 Å². The molecule has 0 unspecified atom stereocenters. The Labute approximate surface area is 102 Å². The number of hydrogen-bond acceptors (Lipinski definition) is 1. The Hall–Kier alpha value is -1.77. The van der Waals surface area contributed by atoms with Gasteiger partial charge in [0.15, 0.2) is 0 Å². The van der Waals surface area contributed by atoms with Crippen molar-refractivity contribution < 1.29 is 4.79 Å². The number of likely N-dealkylation sites (N-methyl/N-ethyl adjacent to an activating group) is 1. The molecule has 1 heterocycles. The first-order chi connectivity index (χ1) is 8.11. The first kappa shape index (κ1) is 11.7. The van der Waals surface area contributed by atoms with Crippen LogP contribution in [0.1, 0.15) is 12.5 Å². The Morgan fingerprint density at radius 1 is 1.35 bits per heavy atom. The van der Waals surface area contributed by atoms with Gasteiger partial charge in [-0.2, -0.15) is 0 Å². The van der Waals surface area contributed by atoms with E-state index >= 15 is 0 Å². The summed E-state index contributed by atoms with van der Waals surface area (Å²) >= 11 is 0. The maximum atomic E-state index is 11.9. The molecule has 0 atom stereocenters. The molecule has 0 fully saturated rings. The van der Waals surface area contributed by atoms with E-state index in [1.807, 2.05) is 30.8 Å². The first-order valence-corrected chi connectivity index (χ1v) is 5.91. The fourth-order valence-corrected chi connectivity index (χ4v) is 1.87. The molecule has 0 aliphatic heterocycles. The molecule has 0 N–H and O–H groups in total. The van der Waals surface area contributed by atoms with Crippen LogP contribution in [0.5, 0.6) is 0 Å². The lowest BCUT2D eigenvalue weighted by Crippen LogP contribution is -2.29. The van der Waals surface area contributed by atoms with Gasteiger partial charge in [0, 0.05) is 25.3 Å². The highest BCUT2D eigenvalue weighted by Crippen LogP contribution is 2.17. The SMILES string of the molecule is CCN(C)C(=O)Cn1ccc2ccc(C)cc21. The molecule has 3 heteroatoms. The van der Waals surface area contributed by atoms with Crippen LogP contribution in [0.4, 0.5) is 0 Å². The fraction of sp³-hybridized carbons (Fsp3) is 0.357. The molecule has 0 radical (unpaired) electrons. The van der Waals surface area contributed by atoms with Gasteiger partial charge in [0.1, 0.15) is 6.54 Å². The van der Waals surface area contributed by atoms with Gasteiger partial charge in [-0.1, -0.05) is 12.1 Å². The van der Waals surface area contributed by atoms with Crippen LogP contribution in [0.15, 0.2) is 30.5 Å². The van der Waals surface area contributed by atoms with Gasteiger partial charge in [0.25, 0.3) is 0 Å². The first-order valence-electron chi connectivity index (χ1n) is 5.91. The number of carbonyl (C=O) groups excluding carboxylic acids is 1. The summed E-state index contributed by atoms with van der Waals surface area (Å²) in [6.07, 6.45) is 1.98. The number of nitrogens with zero attached hydrogens (tertiary/aromatic N) is 2. The molecule has 0 saturated carbocycles. The van der Waals surface area contributed by atoms with Gasteiger partial charge >= 0.3 is 0 Å². The van der Waals surface area contributed by atoms with Crippen molar-refractivity contribution in [3.63, 3.8) is 0 Å². The van der Waals surface area contributed by atoms with Crippen molar-refractivity contribution in [2.45, 2.75) is 20.4 Å². The average molecular weight is 230 g/mol. The molecule has 1 amide bonds. The zero-order valence-corrected chi connectivity index (χ0v) is 10.6. The number of rotatable bonds is 3. The zero-order chi connectivity index (χ0) is 12.4. The molecule has 2 aromatic rings. The number of amides is 1. The summed E-state index contributed by atoms with van der Waals surface area (Å²) in [7, 11) is 1.83. The predicted molar refractivity (Wildman–Crippen MR) is 70.0 cm³/mol. The van der Waals surface area contributed by atoms with Crippen molar-refractivity contribution in [3.8, 4) is 0 Å². The zero-order valence-electron chi connectivity index (χ0n) is 10.6. The number of carbonyl (C=O) groups is 1. The molecule has 1 aromatic heterocycles. The maximum Gasteiger partial charge on any atom is 0.242 e. The maximum absolute atomic E-state index is 11.9. The van der Waals surface area contributed by atoms with Crippen molar-refractivity contribution in [2.24, 2.45) is 0 Å². The lowest BCUT2D eigenvalue weighted by atomic mass is 10.2. The van der Waals surface area contributed by atoms with Gasteiger partial charge in [0.2, 0.25) is 5.91 Å². The van der Waals surface area contributed by atoms with Gasteiger partial charge in [0.05, 0.1) is 0 Å². The number of aromatic nitrogens is 1. The number of hydrogen-bond donors (Lipinski definition) is 0. The second-order valence-electron chi connectivity index (χ2n) is 4.41. The van der Waals surface area contributed by atoms with Crippen molar-refractivity contribution in [2.75, 3.05) is 13.6 Å². The van der Waals surface area contributed by atoms with Gasteiger partial charge in [-0.3, -0.25) is 4.79 Å². The third-order valence-corrected chi connectivity index (χ3v) is 3.14. The number of aryl methyl sites for hydroxylation is 1. The quantitative estimate of drug-likeness (QED) is 0.795. The van der Waals surface area contributed by atoms with Crippen molar-refractivity contribution in [3.05, 3.63) is 36.0 Å². The predicted octanol–water partition coefficient (Wildman–Crippen LogP) is 2.43. The Kier molecular flexibility index (Phi) is 3.18. The lowest BCUT2D eigenvalue weighted by molar-refractivity contribution is -0.130. The second-order valence-corrected chi connectivity index (χ2v) is 4.41. The molecule has 0 spiro atoms. The highest BCUT2D eigenvalue weighted by atomic mass is 16.2. The minimum atomic E-state index is 0.145. The molecule has 3 nitrogen and oxygen atoms in total. The van der Waals surface area contributed by atoms with Gasteiger partial charge in [-0.05, 0) is 36.9 Å². The molecule has 17 heavy (non-hydrogen) atoms. The van der Waals surface area contributed by atoms with E-state index in [1.54, 1.807) is 4.90 Å². The Bertz CT molecular complexity index is 542. The van der Waals surface area contributed by atoms with Crippen LogP contribution in [0.3, 0.4) is 0 Å². The van der Waals surface area contributed by atoms with Crippen LogP contribution < -0.4 is 0 Å². The second kappa shape index (κ2) is 4.62. The van der Waals surface area contributed by atoms with E-state index in [0.717, 1.165) is 12.1 Å². The smallest absolute Gasteiger partial charge is 0.242 e. The highest BCUT2D eigenvalue weighted by molar-refractivity contribution is 5.83. The molecule has 1 aromatic carbocycles. The average Bonchev–Trinajstić information content (AvgIpc) is 2.71. The normalized spacial score (nSPS) is 10.8. The van der Waals surface area contributed by atoms with E-state index in [4.69, 9.17) is 0 Å².